The number of carboxylic acid groups (broad SMARTS) is 1. The van der Waals surface area contributed by atoms with Crippen LogP contribution < -0.4 is 4.90 Å². The van der Waals surface area contributed by atoms with Crippen molar-refractivity contribution in [1.82, 2.24) is 4.90 Å². The summed E-state index contributed by atoms with van der Waals surface area (Å²) < 4.78 is 0. The highest BCUT2D eigenvalue weighted by atomic mass is 16.4. The Morgan fingerprint density at radius 2 is 1.78 bits per heavy atom. The Bertz CT molecular complexity index is 408. The van der Waals surface area contributed by atoms with Gasteiger partial charge in [-0.1, -0.05) is 12.1 Å². The van der Waals surface area contributed by atoms with E-state index in [0.29, 0.717) is 0 Å². The van der Waals surface area contributed by atoms with Crippen LogP contribution in [0.3, 0.4) is 0 Å². The van der Waals surface area contributed by atoms with E-state index in [0.717, 1.165) is 37.2 Å². The Balaban J connectivity index is 2.22. The molecule has 2 rings (SSSR count). The zero-order chi connectivity index (χ0) is 13.1. The number of aliphatic carboxylic acids is 1. The Hall–Kier alpha value is -1.55. The van der Waals surface area contributed by atoms with Crippen LogP contribution in [-0.4, -0.2) is 43.2 Å². The van der Waals surface area contributed by atoms with Gasteiger partial charge < -0.3 is 10.0 Å². The van der Waals surface area contributed by atoms with Crippen molar-refractivity contribution in [1.29, 1.82) is 0 Å². The minimum absolute atomic E-state index is 0.497. The number of likely N-dealkylation sites (tertiary alicyclic amines) is 1. The quantitative estimate of drug-likeness (QED) is 0.884. The molecule has 4 heteroatoms. The second-order valence-electron chi connectivity index (χ2n) is 4.97. The van der Waals surface area contributed by atoms with E-state index in [1.54, 1.807) is 0 Å². The van der Waals surface area contributed by atoms with Gasteiger partial charge in [0.1, 0.15) is 6.04 Å². The summed E-state index contributed by atoms with van der Waals surface area (Å²) >= 11 is 0. The lowest BCUT2D eigenvalue weighted by molar-refractivity contribution is -0.143. The van der Waals surface area contributed by atoms with Crippen LogP contribution >= 0.6 is 0 Å². The fourth-order valence-electron chi connectivity index (χ4n) is 2.46. The van der Waals surface area contributed by atoms with Gasteiger partial charge in [-0.3, -0.25) is 9.69 Å². The van der Waals surface area contributed by atoms with Gasteiger partial charge in [-0.05, 0) is 43.6 Å². The number of nitrogens with zero attached hydrogens (tertiary/aromatic N) is 2. The molecular weight excluding hydrogens is 228 g/mol. The highest BCUT2D eigenvalue weighted by molar-refractivity contribution is 5.76. The number of anilines is 1. The van der Waals surface area contributed by atoms with Gasteiger partial charge in [0.2, 0.25) is 0 Å². The first-order chi connectivity index (χ1) is 8.59. The summed E-state index contributed by atoms with van der Waals surface area (Å²) in [6, 6.07) is 7.30. The fraction of sp³-hybridized carbons (Fsp3) is 0.500. The first kappa shape index (κ1) is 12.9. The van der Waals surface area contributed by atoms with E-state index in [2.05, 4.69) is 0 Å². The minimum atomic E-state index is -0.755. The highest BCUT2D eigenvalue weighted by Crippen LogP contribution is 2.26. The van der Waals surface area contributed by atoms with Crippen LogP contribution in [-0.2, 0) is 4.79 Å². The number of benzene rings is 1. The molecule has 1 aliphatic rings. The molecular formula is C14H20N2O2. The molecule has 0 aromatic heterocycles. The Morgan fingerprint density at radius 3 is 2.22 bits per heavy atom. The Kier molecular flexibility index (Phi) is 3.87. The summed E-state index contributed by atoms with van der Waals surface area (Å²) in [5.74, 6) is -0.755. The molecule has 0 amide bonds. The van der Waals surface area contributed by atoms with Crippen LogP contribution in [0.4, 0.5) is 5.69 Å². The van der Waals surface area contributed by atoms with E-state index in [-0.39, 0.29) is 0 Å². The molecule has 1 fully saturated rings. The van der Waals surface area contributed by atoms with Crippen LogP contribution in [0.1, 0.15) is 24.4 Å². The van der Waals surface area contributed by atoms with Crippen molar-refractivity contribution in [3.63, 3.8) is 0 Å². The predicted molar refractivity (Wildman–Crippen MR) is 72.0 cm³/mol. The second-order valence-corrected chi connectivity index (χ2v) is 4.97. The van der Waals surface area contributed by atoms with E-state index in [4.69, 9.17) is 0 Å². The standard InChI is InChI=1S/C14H20N2O2/c1-15(2)12-7-5-11(6-8-12)13(14(17)18)16-9-3-4-10-16/h5-8,13H,3-4,9-10H2,1-2H3,(H,17,18). The van der Waals surface area contributed by atoms with Crippen molar-refractivity contribution < 1.29 is 9.90 Å². The molecule has 1 aliphatic heterocycles. The van der Waals surface area contributed by atoms with E-state index >= 15 is 0 Å². The average Bonchev–Trinajstić information content (AvgIpc) is 2.83. The summed E-state index contributed by atoms with van der Waals surface area (Å²) in [5, 5.41) is 9.41. The molecule has 1 aromatic carbocycles. The smallest absolute Gasteiger partial charge is 0.325 e. The third kappa shape index (κ3) is 2.64. The van der Waals surface area contributed by atoms with Crippen LogP contribution in [0.5, 0.6) is 0 Å². The van der Waals surface area contributed by atoms with E-state index < -0.39 is 12.0 Å². The molecule has 0 saturated carbocycles. The number of rotatable bonds is 4. The second kappa shape index (κ2) is 5.40. The van der Waals surface area contributed by atoms with Gasteiger partial charge in [-0.25, -0.2) is 0 Å². The summed E-state index contributed by atoms with van der Waals surface area (Å²) in [4.78, 5) is 15.5. The van der Waals surface area contributed by atoms with Gasteiger partial charge in [0, 0.05) is 19.8 Å². The molecule has 1 heterocycles. The van der Waals surface area contributed by atoms with Crippen molar-refractivity contribution in [3.8, 4) is 0 Å². The van der Waals surface area contributed by atoms with Gasteiger partial charge in [0.15, 0.2) is 0 Å². The summed E-state index contributed by atoms with van der Waals surface area (Å²) in [5.41, 5.74) is 1.96. The largest absolute Gasteiger partial charge is 0.480 e. The third-order valence-electron chi connectivity index (χ3n) is 3.46. The molecule has 0 aliphatic carbocycles. The molecule has 1 saturated heterocycles. The molecule has 1 N–H and O–H groups in total. The number of carboxylic acids is 1. The van der Waals surface area contributed by atoms with Crippen molar-refractivity contribution in [2.24, 2.45) is 0 Å². The topological polar surface area (TPSA) is 43.8 Å². The van der Waals surface area contributed by atoms with Crippen molar-refractivity contribution in [3.05, 3.63) is 29.8 Å². The molecule has 1 atom stereocenters. The molecule has 0 bridgehead atoms. The lowest BCUT2D eigenvalue weighted by Gasteiger charge is -2.24. The first-order valence-corrected chi connectivity index (χ1v) is 6.34. The van der Waals surface area contributed by atoms with Crippen molar-refractivity contribution >= 4 is 11.7 Å². The maximum Gasteiger partial charge on any atom is 0.325 e. The zero-order valence-electron chi connectivity index (χ0n) is 11.0. The zero-order valence-corrected chi connectivity index (χ0v) is 11.0. The SMILES string of the molecule is CN(C)c1ccc(C(C(=O)O)N2CCCC2)cc1. The lowest BCUT2D eigenvalue weighted by Crippen LogP contribution is -2.31. The molecule has 98 valence electrons. The molecule has 1 aromatic rings. The van der Waals surface area contributed by atoms with Gasteiger partial charge >= 0.3 is 5.97 Å². The number of hydrogen-bond acceptors (Lipinski definition) is 3. The summed E-state index contributed by atoms with van der Waals surface area (Å²) in [6.07, 6.45) is 2.19. The summed E-state index contributed by atoms with van der Waals surface area (Å²) in [7, 11) is 3.95. The minimum Gasteiger partial charge on any atom is -0.480 e. The van der Waals surface area contributed by atoms with E-state index in [9.17, 15) is 9.90 Å². The first-order valence-electron chi connectivity index (χ1n) is 6.34. The van der Waals surface area contributed by atoms with Gasteiger partial charge in [-0.15, -0.1) is 0 Å². The van der Waals surface area contributed by atoms with Crippen LogP contribution in [0.25, 0.3) is 0 Å². The van der Waals surface area contributed by atoms with Gasteiger partial charge in [0.25, 0.3) is 0 Å². The van der Waals surface area contributed by atoms with Crippen LogP contribution in [0.15, 0.2) is 24.3 Å². The number of carbonyl (C=O) groups is 1. The lowest BCUT2D eigenvalue weighted by atomic mass is 10.1. The normalized spacial score (nSPS) is 17.7. The van der Waals surface area contributed by atoms with E-state index in [1.807, 2.05) is 48.2 Å². The molecule has 0 spiro atoms. The van der Waals surface area contributed by atoms with Crippen LogP contribution in [0.2, 0.25) is 0 Å². The summed E-state index contributed by atoms with van der Waals surface area (Å²) in [6.45, 7) is 1.76. The van der Waals surface area contributed by atoms with E-state index in [1.165, 1.54) is 0 Å². The Labute approximate surface area is 108 Å². The molecule has 0 radical (unpaired) electrons. The molecule has 4 nitrogen and oxygen atoms in total. The van der Waals surface area contributed by atoms with Crippen molar-refractivity contribution in [2.75, 3.05) is 32.1 Å². The maximum atomic E-state index is 11.5. The maximum absolute atomic E-state index is 11.5. The highest BCUT2D eigenvalue weighted by Gasteiger charge is 2.29. The fourth-order valence-corrected chi connectivity index (χ4v) is 2.46. The molecule has 18 heavy (non-hydrogen) atoms. The van der Waals surface area contributed by atoms with Gasteiger partial charge in [0.05, 0.1) is 0 Å². The van der Waals surface area contributed by atoms with Crippen molar-refractivity contribution in [2.45, 2.75) is 18.9 Å². The molecule has 1 unspecified atom stereocenters. The van der Waals surface area contributed by atoms with Crippen LogP contribution in [0, 0.1) is 0 Å². The number of hydrogen-bond donors (Lipinski definition) is 1. The third-order valence-corrected chi connectivity index (χ3v) is 3.46. The average molecular weight is 248 g/mol. The van der Waals surface area contributed by atoms with Gasteiger partial charge in [-0.2, -0.15) is 0 Å². The predicted octanol–water partition coefficient (Wildman–Crippen LogP) is 1.97. The Morgan fingerprint density at radius 1 is 1.22 bits per heavy atom. The monoisotopic (exact) mass is 248 g/mol.